The molecular weight excluding hydrogens is 392 g/mol. The summed E-state index contributed by atoms with van der Waals surface area (Å²) in [5, 5.41) is 2.91. The highest BCUT2D eigenvalue weighted by Gasteiger charge is 2.35. The van der Waals surface area contributed by atoms with Gasteiger partial charge in [0.15, 0.2) is 0 Å². The third-order valence-corrected chi connectivity index (χ3v) is 5.27. The molecule has 0 spiro atoms. The minimum atomic E-state index is -0.328. The second-order valence-corrected chi connectivity index (χ2v) is 7.27. The van der Waals surface area contributed by atoms with Crippen LogP contribution in [0.1, 0.15) is 42.2 Å². The lowest BCUT2D eigenvalue weighted by atomic mass is 10.1. The maximum Gasteiger partial charge on any atom is 0.261 e. The summed E-state index contributed by atoms with van der Waals surface area (Å²) in [6.45, 7) is 0.565. The van der Waals surface area contributed by atoms with E-state index in [1.54, 1.807) is 42.5 Å². The standard InChI is InChI=1S/C25H22N2O4/c1-31-22-12-11-18(16-27-24(29)19-9-5-6-10-20(19)25(27)30)15-21(22)23(28)26-14-13-17-7-3-2-4-8-17/h2-12,15H,13-14,16H2,1H3,(H,26,28). The van der Waals surface area contributed by atoms with E-state index >= 15 is 0 Å². The number of hydrogen-bond donors (Lipinski definition) is 1. The van der Waals surface area contributed by atoms with E-state index in [1.165, 1.54) is 12.0 Å². The molecule has 6 nitrogen and oxygen atoms in total. The van der Waals surface area contributed by atoms with Crippen LogP contribution < -0.4 is 10.1 Å². The zero-order valence-corrected chi connectivity index (χ0v) is 17.1. The molecule has 0 aliphatic carbocycles. The summed E-state index contributed by atoms with van der Waals surface area (Å²) in [6, 6.07) is 21.8. The quantitative estimate of drug-likeness (QED) is 0.601. The van der Waals surface area contributed by atoms with Gasteiger partial charge in [-0.25, -0.2) is 0 Å². The number of carbonyl (C=O) groups excluding carboxylic acids is 3. The molecule has 1 N–H and O–H groups in total. The van der Waals surface area contributed by atoms with Gasteiger partial charge in [0.25, 0.3) is 17.7 Å². The smallest absolute Gasteiger partial charge is 0.261 e. The van der Waals surface area contributed by atoms with E-state index in [0.717, 1.165) is 5.56 Å². The minimum Gasteiger partial charge on any atom is -0.496 e. The lowest BCUT2D eigenvalue weighted by molar-refractivity contribution is 0.0642. The van der Waals surface area contributed by atoms with Crippen molar-refractivity contribution >= 4 is 17.7 Å². The summed E-state index contributed by atoms with van der Waals surface area (Å²) < 4.78 is 5.34. The van der Waals surface area contributed by atoms with Gasteiger partial charge >= 0.3 is 0 Å². The van der Waals surface area contributed by atoms with Crippen LogP contribution in [-0.2, 0) is 13.0 Å². The lowest BCUT2D eigenvalue weighted by Gasteiger charge is -2.16. The molecule has 0 unspecified atom stereocenters. The first-order valence-corrected chi connectivity index (χ1v) is 10.0. The van der Waals surface area contributed by atoms with E-state index in [1.807, 2.05) is 30.3 Å². The average Bonchev–Trinajstić information content (AvgIpc) is 3.04. The molecule has 0 saturated heterocycles. The number of carbonyl (C=O) groups is 3. The van der Waals surface area contributed by atoms with Crippen LogP contribution in [0.2, 0.25) is 0 Å². The van der Waals surface area contributed by atoms with Crippen molar-refractivity contribution in [3.05, 3.63) is 101 Å². The number of benzene rings is 3. The van der Waals surface area contributed by atoms with Gasteiger partial charge in [-0.15, -0.1) is 0 Å². The third-order valence-electron chi connectivity index (χ3n) is 5.27. The normalized spacial score (nSPS) is 12.6. The Morgan fingerprint density at radius 3 is 2.16 bits per heavy atom. The molecule has 4 rings (SSSR count). The Hall–Kier alpha value is -3.93. The fourth-order valence-electron chi connectivity index (χ4n) is 3.66. The second-order valence-electron chi connectivity index (χ2n) is 7.27. The number of fused-ring (bicyclic) bond motifs is 1. The van der Waals surface area contributed by atoms with Crippen molar-refractivity contribution in [3.63, 3.8) is 0 Å². The predicted molar refractivity (Wildman–Crippen MR) is 116 cm³/mol. The molecule has 0 bridgehead atoms. The molecule has 0 radical (unpaired) electrons. The molecule has 1 aliphatic heterocycles. The first-order chi connectivity index (χ1) is 15.1. The molecule has 0 saturated carbocycles. The Balaban J connectivity index is 1.48. The van der Waals surface area contributed by atoms with Crippen molar-refractivity contribution in [2.45, 2.75) is 13.0 Å². The van der Waals surface area contributed by atoms with Gasteiger partial charge in [-0.1, -0.05) is 48.5 Å². The first kappa shape index (κ1) is 20.3. The predicted octanol–water partition coefficient (Wildman–Crippen LogP) is 3.46. The molecule has 1 heterocycles. The van der Waals surface area contributed by atoms with Gasteiger partial charge in [-0.05, 0) is 41.8 Å². The van der Waals surface area contributed by atoms with E-state index in [2.05, 4.69) is 5.32 Å². The zero-order chi connectivity index (χ0) is 21.8. The molecule has 1 aliphatic rings. The number of imide groups is 1. The highest BCUT2D eigenvalue weighted by Crippen LogP contribution is 2.26. The Morgan fingerprint density at radius 2 is 1.52 bits per heavy atom. The Morgan fingerprint density at radius 1 is 0.871 bits per heavy atom. The minimum absolute atomic E-state index is 0.0840. The van der Waals surface area contributed by atoms with Crippen LogP contribution >= 0.6 is 0 Å². The van der Waals surface area contributed by atoms with Crippen LogP contribution in [0.25, 0.3) is 0 Å². The number of nitrogens with one attached hydrogen (secondary N) is 1. The summed E-state index contributed by atoms with van der Waals surface area (Å²) in [7, 11) is 1.50. The number of amides is 3. The summed E-state index contributed by atoms with van der Waals surface area (Å²) in [5.74, 6) is -0.490. The summed E-state index contributed by atoms with van der Waals surface area (Å²) >= 11 is 0. The van der Waals surface area contributed by atoms with Crippen molar-refractivity contribution in [2.24, 2.45) is 0 Å². The molecule has 0 atom stereocenters. The number of nitrogens with zero attached hydrogens (tertiary/aromatic N) is 1. The van der Waals surface area contributed by atoms with Gasteiger partial charge < -0.3 is 10.1 Å². The van der Waals surface area contributed by atoms with Gasteiger partial charge in [-0.2, -0.15) is 0 Å². The first-order valence-electron chi connectivity index (χ1n) is 10.0. The van der Waals surface area contributed by atoms with Crippen molar-refractivity contribution < 1.29 is 19.1 Å². The number of methoxy groups -OCH3 is 1. The van der Waals surface area contributed by atoms with Crippen LogP contribution in [0.3, 0.4) is 0 Å². The van der Waals surface area contributed by atoms with Gasteiger partial charge in [0.1, 0.15) is 5.75 Å². The molecule has 6 heteroatoms. The van der Waals surface area contributed by atoms with Crippen LogP contribution in [0.15, 0.2) is 72.8 Å². The van der Waals surface area contributed by atoms with E-state index in [4.69, 9.17) is 4.74 Å². The summed E-state index contributed by atoms with van der Waals surface area (Å²) in [4.78, 5) is 39.2. The summed E-state index contributed by atoms with van der Waals surface area (Å²) in [6.07, 6.45) is 0.712. The van der Waals surface area contributed by atoms with Crippen molar-refractivity contribution in [1.82, 2.24) is 10.2 Å². The van der Waals surface area contributed by atoms with Crippen molar-refractivity contribution in [2.75, 3.05) is 13.7 Å². The number of rotatable bonds is 7. The Labute approximate surface area is 180 Å². The van der Waals surface area contributed by atoms with E-state index in [9.17, 15) is 14.4 Å². The number of ether oxygens (including phenoxy) is 1. The fraction of sp³-hybridized carbons (Fsp3) is 0.160. The Bertz CT molecular complexity index is 1110. The topological polar surface area (TPSA) is 75.7 Å². The van der Waals surface area contributed by atoms with Gasteiger partial charge in [0, 0.05) is 6.54 Å². The van der Waals surface area contributed by atoms with Crippen LogP contribution in [0.5, 0.6) is 5.75 Å². The SMILES string of the molecule is COc1ccc(CN2C(=O)c3ccccc3C2=O)cc1C(=O)NCCc1ccccc1. The molecule has 0 fully saturated rings. The van der Waals surface area contributed by atoms with Gasteiger partial charge in [-0.3, -0.25) is 19.3 Å². The molecule has 3 aromatic rings. The maximum absolute atomic E-state index is 12.8. The van der Waals surface area contributed by atoms with E-state index < -0.39 is 0 Å². The van der Waals surface area contributed by atoms with E-state index in [-0.39, 0.29) is 24.3 Å². The molecule has 3 aromatic carbocycles. The summed E-state index contributed by atoms with van der Waals surface area (Å²) in [5.41, 5.74) is 2.97. The van der Waals surface area contributed by atoms with Gasteiger partial charge in [0.2, 0.25) is 0 Å². The zero-order valence-electron chi connectivity index (χ0n) is 17.1. The molecule has 31 heavy (non-hydrogen) atoms. The average molecular weight is 414 g/mol. The molecular formula is C25H22N2O4. The largest absolute Gasteiger partial charge is 0.496 e. The third kappa shape index (κ3) is 4.19. The number of hydrogen-bond acceptors (Lipinski definition) is 4. The maximum atomic E-state index is 12.8. The fourth-order valence-corrected chi connectivity index (χ4v) is 3.66. The highest BCUT2D eigenvalue weighted by molar-refractivity contribution is 6.21. The van der Waals surface area contributed by atoms with E-state index in [0.29, 0.717) is 41.0 Å². The van der Waals surface area contributed by atoms with Crippen LogP contribution in [-0.4, -0.2) is 36.3 Å². The molecule has 156 valence electrons. The monoisotopic (exact) mass is 414 g/mol. The van der Waals surface area contributed by atoms with Crippen molar-refractivity contribution in [3.8, 4) is 5.75 Å². The lowest BCUT2D eigenvalue weighted by Crippen LogP contribution is -2.29. The second kappa shape index (κ2) is 8.83. The Kier molecular flexibility index (Phi) is 5.80. The molecule has 0 aromatic heterocycles. The highest BCUT2D eigenvalue weighted by atomic mass is 16.5. The molecule has 3 amide bonds. The van der Waals surface area contributed by atoms with Crippen LogP contribution in [0.4, 0.5) is 0 Å². The van der Waals surface area contributed by atoms with Crippen molar-refractivity contribution in [1.29, 1.82) is 0 Å². The van der Waals surface area contributed by atoms with Crippen LogP contribution in [0, 0.1) is 0 Å². The van der Waals surface area contributed by atoms with Gasteiger partial charge in [0.05, 0.1) is 30.3 Å².